The van der Waals surface area contributed by atoms with Crippen LogP contribution < -0.4 is 19.7 Å². The molecule has 1 heterocycles. The second-order valence-corrected chi connectivity index (χ2v) is 9.33. The second kappa shape index (κ2) is 12.2. The van der Waals surface area contributed by atoms with E-state index in [0.29, 0.717) is 40.7 Å². The lowest BCUT2D eigenvalue weighted by Gasteiger charge is -2.32. The van der Waals surface area contributed by atoms with Crippen molar-refractivity contribution in [2.45, 2.75) is 32.9 Å². The molecule has 9 heteroatoms. The fourth-order valence-electron chi connectivity index (χ4n) is 4.29. The number of anilines is 1. The highest BCUT2D eigenvalue weighted by molar-refractivity contribution is 6.01. The number of hydrogen-bond donors (Lipinski definition) is 1. The Balaban J connectivity index is 1.78. The summed E-state index contributed by atoms with van der Waals surface area (Å²) in [5, 5.41) is 11.4. The van der Waals surface area contributed by atoms with Crippen LogP contribution in [0.4, 0.5) is 5.69 Å². The lowest BCUT2D eigenvalue weighted by atomic mass is 10.0. The van der Waals surface area contributed by atoms with E-state index in [9.17, 15) is 9.59 Å². The van der Waals surface area contributed by atoms with Crippen LogP contribution >= 0.6 is 0 Å². The first-order valence-corrected chi connectivity index (χ1v) is 12.6. The summed E-state index contributed by atoms with van der Waals surface area (Å²) in [7, 11) is 3.09. The van der Waals surface area contributed by atoms with Gasteiger partial charge in [0, 0.05) is 12.2 Å². The molecular formula is C29H33N5O4. The second-order valence-electron chi connectivity index (χ2n) is 9.33. The number of nitrogens with one attached hydrogen (secondary N) is 1. The molecule has 0 radical (unpaired) electrons. The van der Waals surface area contributed by atoms with Crippen molar-refractivity contribution in [3.8, 4) is 11.5 Å². The third kappa shape index (κ3) is 5.94. The van der Waals surface area contributed by atoms with Gasteiger partial charge in [0.15, 0.2) is 11.5 Å². The Morgan fingerprint density at radius 3 is 2.37 bits per heavy atom. The van der Waals surface area contributed by atoms with Gasteiger partial charge >= 0.3 is 0 Å². The Hall–Kier alpha value is -4.40. The molecule has 2 amide bonds. The van der Waals surface area contributed by atoms with Gasteiger partial charge in [0.25, 0.3) is 0 Å². The SMILES string of the molecule is COc1ccc([C@@H](C(=O)NCCC(C)C)N(C(=O)Cn2nnc3ccccc32)c2ccccc2)cc1OC. The Bertz CT molecular complexity index is 1390. The molecule has 0 fully saturated rings. The van der Waals surface area contributed by atoms with Crippen molar-refractivity contribution in [3.05, 3.63) is 78.4 Å². The Kier molecular flexibility index (Phi) is 8.58. The quantitative estimate of drug-likeness (QED) is 0.318. The molecule has 0 aliphatic carbocycles. The zero-order chi connectivity index (χ0) is 27.1. The molecule has 0 aliphatic heterocycles. The molecule has 0 unspecified atom stereocenters. The molecular weight excluding hydrogens is 482 g/mol. The standard InChI is InChI=1S/C29H33N5O4/c1-20(2)16-17-30-29(36)28(21-14-15-25(37-3)26(18-21)38-4)34(22-10-6-5-7-11-22)27(35)19-33-24-13-9-8-12-23(24)31-32-33/h5-15,18,20,28H,16-17,19H2,1-4H3,(H,30,36)/t28-/m0/s1. The molecule has 1 aromatic heterocycles. The van der Waals surface area contributed by atoms with Gasteiger partial charge in [-0.3, -0.25) is 14.5 Å². The molecule has 1 atom stereocenters. The third-order valence-electron chi connectivity index (χ3n) is 6.26. The molecule has 0 saturated carbocycles. The number of rotatable bonds is 11. The first-order chi connectivity index (χ1) is 18.4. The number of hydrogen-bond acceptors (Lipinski definition) is 6. The average molecular weight is 516 g/mol. The third-order valence-corrected chi connectivity index (χ3v) is 6.26. The molecule has 0 bridgehead atoms. The van der Waals surface area contributed by atoms with Crippen LogP contribution in [0.25, 0.3) is 11.0 Å². The van der Waals surface area contributed by atoms with Crippen molar-refractivity contribution in [2.75, 3.05) is 25.7 Å². The summed E-state index contributed by atoms with van der Waals surface area (Å²) in [6, 6.07) is 20.9. The maximum Gasteiger partial charge on any atom is 0.249 e. The van der Waals surface area contributed by atoms with Crippen molar-refractivity contribution < 1.29 is 19.1 Å². The Morgan fingerprint density at radius 1 is 0.947 bits per heavy atom. The molecule has 3 aromatic carbocycles. The highest BCUT2D eigenvalue weighted by Crippen LogP contribution is 2.34. The maximum absolute atomic E-state index is 14.0. The molecule has 38 heavy (non-hydrogen) atoms. The Labute approximate surface area is 222 Å². The number of methoxy groups -OCH3 is 2. The summed E-state index contributed by atoms with van der Waals surface area (Å²) in [5.74, 6) is 0.807. The van der Waals surface area contributed by atoms with E-state index in [4.69, 9.17) is 9.47 Å². The number of para-hydroxylation sites is 2. The van der Waals surface area contributed by atoms with Crippen LogP contribution in [0.1, 0.15) is 31.9 Å². The van der Waals surface area contributed by atoms with Gasteiger partial charge in [0.2, 0.25) is 11.8 Å². The van der Waals surface area contributed by atoms with Gasteiger partial charge < -0.3 is 14.8 Å². The monoisotopic (exact) mass is 515 g/mol. The highest BCUT2D eigenvalue weighted by atomic mass is 16.5. The van der Waals surface area contributed by atoms with Crippen LogP contribution in [0.2, 0.25) is 0 Å². The average Bonchev–Trinajstić information content (AvgIpc) is 3.34. The molecule has 0 saturated heterocycles. The number of carbonyl (C=O) groups excluding carboxylic acids is 2. The van der Waals surface area contributed by atoms with Crippen molar-refractivity contribution in [1.82, 2.24) is 20.3 Å². The van der Waals surface area contributed by atoms with E-state index in [-0.39, 0.29) is 18.4 Å². The summed E-state index contributed by atoms with van der Waals surface area (Å²) in [4.78, 5) is 29.4. The molecule has 9 nitrogen and oxygen atoms in total. The van der Waals surface area contributed by atoms with Crippen molar-refractivity contribution in [2.24, 2.45) is 5.92 Å². The zero-order valence-corrected chi connectivity index (χ0v) is 22.1. The summed E-state index contributed by atoms with van der Waals surface area (Å²) in [6.45, 7) is 4.59. The fourth-order valence-corrected chi connectivity index (χ4v) is 4.29. The largest absolute Gasteiger partial charge is 0.493 e. The smallest absolute Gasteiger partial charge is 0.249 e. The van der Waals surface area contributed by atoms with Crippen molar-refractivity contribution in [1.29, 1.82) is 0 Å². The Morgan fingerprint density at radius 2 is 1.66 bits per heavy atom. The van der Waals surface area contributed by atoms with Crippen LogP contribution in [-0.2, 0) is 16.1 Å². The minimum atomic E-state index is -0.966. The first-order valence-electron chi connectivity index (χ1n) is 12.6. The minimum absolute atomic E-state index is 0.0987. The normalized spacial score (nSPS) is 11.8. The molecule has 4 aromatic rings. The van der Waals surface area contributed by atoms with E-state index in [1.807, 2.05) is 54.6 Å². The predicted molar refractivity (Wildman–Crippen MR) is 146 cm³/mol. The summed E-state index contributed by atoms with van der Waals surface area (Å²) < 4.78 is 12.5. The van der Waals surface area contributed by atoms with E-state index in [2.05, 4.69) is 29.5 Å². The lowest BCUT2D eigenvalue weighted by molar-refractivity contribution is -0.127. The van der Waals surface area contributed by atoms with E-state index in [0.717, 1.165) is 11.9 Å². The van der Waals surface area contributed by atoms with Crippen LogP contribution in [0.5, 0.6) is 11.5 Å². The number of carbonyl (C=O) groups is 2. The minimum Gasteiger partial charge on any atom is -0.493 e. The van der Waals surface area contributed by atoms with Gasteiger partial charge in [0.1, 0.15) is 18.1 Å². The van der Waals surface area contributed by atoms with E-state index in [1.165, 1.54) is 12.0 Å². The number of ether oxygens (including phenoxy) is 2. The zero-order valence-electron chi connectivity index (χ0n) is 22.1. The van der Waals surface area contributed by atoms with Crippen LogP contribution in [0, 0.1) is 5.92 Å². The summed E-state index contributed by atoms with van der Waals surface area (Å²) in [6.07, 6.45) is 0.814. The van der Waals surface area contributed by atoms with Crippen LogP contribution in [0.15, 0.2) is 72.8 Å². The predicted octanol–water partition coefficient (Wildman–Crippen LogP) is 4.39. The highest BCUT2D eigenvalue weighted by Gasteiger charge is 2.34. The topological polar surface area (TPSA) is 98.6 Å². The van der Waals surface area contributed by atoms with Gasteiger partial charge in [-0.25, -0.2) is 4.68 Å². The molecule has 0 spiro atoms. The van der Waals surface area contributed by atoms with Gasteiger partial charge in [-0.15, -0.1) is 5.10 Å². The number of benzene rings is 3. The van der Waals surface area contributed by atoms with Crippen LogP contribution in [0.3, 0.4) is 0 Å². The van der Waals surface area contributed by atoms with Crippen molar-refractivity contribution >= 4 is 28.5 Å². The van der Waals surface area contributed by atoms with Gasteiger partial charge in [0.05, 0.1) is 19.7 Å². The fraction of sp³-hybridized carbons (Fsp3) is 0.310. The van der Waals surface area contributed by atoms with E-state index < -0.39 is 6.04 Å². The molecule has 1 N–H and O–H groups in total. The maximum atomic E-state index is 14.0. The molecule has 0 aliphatic rings. The van der Waals surface area contributed by atoms with Gasteiger partial charge in [-0.2, -0.15) is 0 Å². The van der Waals surface area contributed by atoms with Gasteiger partial charge in [-0.1, -0.05) is 55.5 Å². The number of amides is 2. The van der Waals surface area contributed by atoms with Gasteiger partial charge in [-0.05, 0) is 54.3 Å². The lowest BCUT2D eigenvalue weighted by Crippen LogP contribution is -2.45. The van der Waals surface area contributed by atoms with Crippen LogP contribution in [-0.4, -0.2) is 47.6 Å². The summed E-state index contributed by atoms with van der Waals surface area (Å²) in [5.41, 5.74) is 2.60. The van der Waals surface area contributed by atoms with E-state index >= 15 is 0 Å². The number of nitrogens with zero attached hydrogens (tertiary/aromatic N) is 4. The number of aromatic nitrogens is 3. The number of fused-ring (bicyclic) bond motifs is 1. The van der Waals surface area contributed by atoms with Crippen molar-refractivity contribution in [3.63, 3.8) is 0 Å². The molecule has 4 rings (SSSR count). The molecule has 198 valence electrons. The first kappa shape index (κ1) is 26.7. The summed E-state index contributed by atoms with van der Waals surface area (Å²) >= 11 is 0. The van der Waals surface area contributed by atoms with E-state index in [1.54, 1.807) is 30.0 Å².